The van der Waals surface area contributed by atoms with Gasteiger partial charge in [-0.2, -0.15) is 0 Å². The summed E-state index contributed by atoms with van der Waals surface area (Å²) in [7, 11) is -1.73. The van der Waals surface area contributed by atoms with Gasteiger partial charge >= 0.3 is 0 Å². The van der Waals surface area contributed by atoms with Crippen LogP contribution in [0.5, 0.6) is 0 Å². The summed E-state index contributed by atoms with van der Waals surface area (Å²) < 4.78 is 6.19. The van der Waals surface area contributed by atoms with Crippen LogP contribution in [0.1, 0.15) is 32.8 Å². The Morgan fingerprint density at radius 2 is 2.04 bits per heavy atom. The zero-order chi connectivity index (χ0) is 18.2. The van der Waals surface area contributed by atoms with Crippen molar-refractivity contribution in [3.05, 3.63) is 64.2 Å². The Labute approximate surface area is 146 Å². The van der Waals surface area contributed by atoms with Gasteiger partial charge in [-0.25, -0.2) is 0 Å². The van der Waals surface area contributed by atoms with E-state index in [4.69, 9.17) is 9.96 Å². The number of nitrogens with zero attached hydrogens (tertiary/aromatic N) is 3. The van der Waals surface area contributed by atoms with Crippen molar-refractivity contribution in [2.24, 2.45) is 5.11 Å². The molecule has 0 atom stereocenters. The summed E-state index contributed by atoms with van der Waals surface area (Å²) in [6.07, 6.45) is 4.38. The minimum Gasteiger partial charge on any atom is -0.416 e. The number of allylic oxidation sites excluding steroid dienone is 1. The summed E-state index contributed by atoms with van der Waals surface area (Å²) in [5, 5.41) is 3.89. The lowest BCUT2D eigenvalue weighted by Gasteiger charge is -2.36. The molecule has 128 valence electrons. The average Bonchev–Trinajstić information content (AvgIpc) is 2.51. The van der Waals surface area contributed by atoms with Crippen molar-refractivity contribution < 1.29 is 4.43 Å². The van der Waals surface area contributed by atoms with Crippen molar-refractivity contribution in [2.75, 3.05) is 6.61 Å². The molecule has 0 saturated carbocycles. The molecule has 0 bridgehead atoms. The van der Waals surface area contributed by atoms with Gasteiger partial charge in [0.15, 0.2) is 8.32 Å². The maximum Gasteiger partial charge on any atom is 0.191 e. The minimum absolute atomic E-state index is 0.204. The topological polar surface area (TPSA) is 58.0 Å². The van der Waals surface area contributed by atoms with Gasteiger partial charge < -0.3 is 4.43 Å². The van der Waals surface area contributed by atoms with Crippen molar-refractivity contribution >= 4 is 20.1 Å². The smallest absolute Gasteiger partial charge is 0.191 e. The van der Waals surface area contributed by atoms with Crippen LogP contribution in [0.15, 0.2) is 53.3 Å². The first kappa shape index (κ1) is 20.0. The zero-order valence-electron chi connectivity index (χ0n) is 15.3. The highest BCUT2D eigenvalue weighted by Gasteiger charge is 2.36. The van der Waals surface area contributed by atoms with E-state index in [0.29, 0.717) is 12.3 Å². The van der Waals surface area contributed by atoms with Crippen LogP contribution in [-0.2, 0) is 4.43 Å². The molecule has 0 heterocycles. The Morgan fingerprint density at radius 1 is 1.38 bits per heavy atom. The molecule has 1 aromatic rings. The van der Waals surface area contributed by atoms with Gasteiger partial charge in [0.1, 0.15) is 0 Å². The van der Waals surface area contributed by atoms with Crippen LogP contribution in [0.2, 0.25) is 18.1 Å². The van der Waals surface area contributed by atoms with E-state index in [-0.39, 0.29) is 5.04 Å². The lowest BCUT2D eigenvalue weighted by molar-refractivity contribution is 0.292. The van der Waals surface area contributed by atoms with E-state index in [1.165, 1.54) is 0 Å². The molecule has 0 radical (unpaired) electrons. The number of azide groups is 1. The molecule has 0 aliphatic rings. The van der Waals surface area contributed by atoms with Crippen LogP contribution in [0.3, 0.4) is 0 Å². The quantitative estimate of drug-likeness (QED) is 0.135. The average molecular weight is 342 g/mol. The summed E-state index contributed by atoms with van der Waals surface area (Å²) in [4.78, 5) is 2.85. The molecule has 1 aromatic carbocycles. The van der Waals surface area contributed by atoms with E-state index in [0.717, 1.165) is 17.6 Å². The largest absolute Gasteiger partial charge is 0.416 e. The van der Waals surface area contributed by atoms with E-state index in [1.54, 1.807) is 12.1 Å². The summed E-state index contributed by atoms with van der Waals surface area (Å²) in [5.41, 5.74) is 14.3. The molecule has 0 saturated heterocycles. The van der Waals surface area contributed by atoms with Crippen molar-refractivity contribution in [3.8, 4) is 0 Å². The molecule has 5 heteroatoms. The van der Waals surface area contributed by atoms with Crippen LogP contribution >= 0.6 is 0 Å². The van der Waals surface area contributed by atoms with Crippen LogP contribution in [0.25, 0.3) is 16.5 Å². The predicted molar refractivity (Wildman–Crippen MR) is 105 cm³/mol. The molecule has 24 heavy (non-hydrogen) atoms. The molecule has 0 aliphatic heterocycles. The van der Waals surface area contributed by atoms with E-state index in [1.807, 2.05) is 24.3 Å². The Kier molecular flexibility index (Phi) is 7.27. The maximum atomic E-state index is 8.62. The normalized spacial score (nSPS) is 11.2. The number of hydrogen-bond acceptors (Lipinski definition) is 2. The van der Waals surface area contributed by atoms with Crippen LogP contribution in [0, 0.1) is 0 Å². The predicted octanol–water partition coefficient (Wildman–Crippen LogP) is 6.76. The fourth-order valence-electron chi connectivity index (χ4n) is 1.79. The number of rotatable bonds is 7. The van der Waals surface area contributed by atoms with Gasteiger partial charge in [-0.3, -0.25) is 0 Å². The molecule has 0 aromatic heterocycles. The lowest BCUT2D eigenvalue weighted by atomic mass is 10.1. The van der Waals surface area contributed by atoms with Crippen molar-refractivity contribution in [3.63, 3.8) is 0 Å². The maximum absolute atomic E-state index is 8.62. The molecular formula is C19H27N3OSi. The Morgan fingerprint density at radius 3 is 2.62 bits per heavy atom. The number of benzene rings is 1. The Bertz CT molecular complexity index is 689. The second-order valence-corrected chi connectivity index (χ2v) is 11.9. The first-order valence-corrected chi connectivity index (χ1v) is 11.0. The van der Waals surface area contributed by atoms with E-state index in [9.17, 15) is 0 Å². The second kappa shape index (κ2) is 8.72. The standard InChI is InChI=1S/C19H27N3OSi/c1-7-16(14-15-23-24(5,6)19(2,3)4)12-13-17-10-8-9-11-18(17)21-22-20/h7-11,13H,1,14-15H2,2-6H3. The third-order valence-corrected chi connectivity index (χ3v) is 8.93. The highest BCUT2D eigenvalue weighted by atomic mass is 28.4. The molecule has 4 nitrogen and oxygen atoms in total. The summed E-state index contributed by atoms with van der Waals surface area (Å²) in [6.45, 7) is 15.7. The Hall–Kier alpha value is -2.03. The van der Waals surface area contributed by atoms with E-state index >= 15 is 0 Å². The third kappa shape index (κ3) is 5.87. The molecule has 0 aliphatic carbocycles. The minimum atomic E-state index is -1.73. The van der Waals surface area contributed by atoms with Crippen molar-refractivity contribution in [2.45, 2.75) is 45.3 Å². The fraction of sp³-hybridized carbons (Fsp3) is 0.421. The molecule has 0 N–H and O–H groups in total. The van der Waals surface area contributed by atoms with Crippen LogP contribution < -0.4 is 0 Å². The Balaban J connectivity index is 2.85. The van der Waals surface area contributed by atoms with Gasteiger partial charge in [0.2, 0.25) is 0 Å². The first-order chi connectivity index (χ1) is 11.2. The van der Waals surface area contributed by atoms with Gasteiger partial charge in [-0.05, 0) is 40.9 Å². The SMILES string of the molecule is C=CC(=C=Cc1ccccc1N=[N+]=[N-])CCO[Si](C)(C)C(C)(C)C. The van der Waals surface area contributed by atoms with Crippen molar-refractivity contribution in [1.29, 1.82) is 0 Å². The molecule has 1 rings (SSSR count). The third-order valence-electron chi connectivity index (χ3n) is 4.39. The fourth-order valence-corrected chi connectivity index (χ4v) is 2.83. The summed E-state index contributed by atoms with van der Waals surface area (Å²) in [5.74, 6) is 0. The van der Waals surface area contributed by atoms with Crippen molar-refractivity contribution in [1.82, 2.24) is 0 Å². The lowest BCUT2D eigenvalue weighted by Crippen LogP contribution is -2.41. The number of hydrogen-bond donors (Lipinski definition) is 0. The molecular weight excluding hydrogens is 314 g/mol. The van der Waals surface area contributed by atoms with Gasteiger partial charge in [0, 0.05) is 23.6 Å². The van der Waals surface area contributed by atoms with Crippen LogP contribution in [0.4, 0.5) is 5.69 Å². The van der Waals surface area contributed by atoms with Gasteiger partial charge in [0.25, 0.3) is 0 Å². The van der Waals surface area contributed by atoms with Gasteiger partial charge in [0.05, 0.1) is 0 Å². The molecule has 0 fully saturated rings. The van der Waals surface area contributed by atoms with E-state index in [2.05, 4.69) is 56.2 Å². The molecule has 0 unspecified atom stereocenters. The van der Waals surface area contributed by atoms with Crippen LogP contribution in [-0.4, -0.2) is 14.9 Å². The molecule has 0 amide bonds. The summed E-state index contributed by atoms with van der Waals surface area (Å²) in [6, 6.07) is 7.41. The highest BCUT2D eigenvalue weighted by molar-refractivity contribution is 6.74. The summed E-state index contributed by atoms with van der Waals surface area (Å²) >= 11 is 0. The van der Waals surface area contributed by atoms with Gasteiger partial charge in [-0.15, -0.1) is 5.73 Å². The zero-order valence-corrected chi connectivity index (χ0v) is 16.3. The van der Waals surface area contributed by atoms with E-state index < -0.39 is 8.32 Å². The monoisotopic (exact) mass is 341 g/mol. The molecule has 0 spiro atoms. The highest BCUT2D eigenvalue weighted by Crippen LogP contribution is 2.36. The second-order valence-electron chi connectivity index (χ2n) is 7.13. The van der Waals surface area contributed by atoms with Gasteiger partial charge in [-0.1, -0.05) is 62.8 Å². The first-order valence-electron chi connectivity index (χ1n) is 8.07.